The molecule has 5 rings (SSSR count). The van der Waals surface area contributed by atoms with Crippen molar-refractivity contribution < 1.29 is 14.6 Å². The predicted octanol–water partition coefficient (Wildman–Crippen LogP) is 5.13. The molecule has 1 aromatic heterocycles. The first kappa shape index (κ1) is 19.9. The lowest BCUT2D eigenvalue weighted by Crippen LogP contribution is -2.28. The van der Waals surface area contributed by atoms with Crippen molar-refractivity contribution in [3.05, 3.63) is 88.7 Å². The minimum atomic E-state index is -0.205. The van der Waals surface area contributed by atoms with Gasteiger partial charge < -0.3 is 19.1 Å². The fourth-order valence-electron chi connectivity index (χ4n) is 4.53. The number of aromatic hydroxyl groups is 1. The lowest BCUT2D eigenvalue weighted by atomic mass is 9.88. The van der Waals surface area contributed by atoms with E-state index in [1.165, 1.54) is 0 Å². The van der Waals surface area contributed by atoms with Crippen molar-refractivity contribution in [2.45, 2.75) is 13.0 Å². The molecule has 32 heavy (non-hydrogen) atoms. The molecule has 5 heteroatoms. The number of nitrogens with zero attached hydrogens (tertiary/aromatic N) is 1. The smallest absolute Gasteiger partial charge is 0.262 e. The van der Waals surface area contributed by atoms with Gasteiger partial charge in [0.2, 0.25) is 0 Å². The van der Waals surface area contributed by atoms with Gasteiger partial charge in [-0.15, -0.1) is 0 Å². The molecule has 1 aliphatic rings. The molecule has 1 aliphatic heterocycles. The zero-order valence-corrected chi connectivity index (χ0v) is 18.0. The monoisotopic (exact) mass is 425 g/mol. The van der Waals surface area contributed by atoms with E-state index in [0.717, 1.165) is 16.7 Å². The highest BCUT2D eigenvalue weighted by molar-refractivity contribution is 5.92. The first-order valence-electron chi connectivity index (χ1n) is 10.5. The van der Waals surface area contributed by atoms with Crippen LogP contribution in [0.4, 0.5) is 0 Å². The van der Waals surface area contributed by atoms with Crippen LogP contribution in [0.2, 0.25) is 0 Å². The third kappa shape index (κ3) is 3.05. The van der Waals surface area contributed by atoms with E-state index in [-0.39, 0.29) is 11.3 Å². The molecule has 0 amide bonds. The Balaban J connectivity index is 1.91. The van der Waals surface area contributed by atoms with E-state index < -0.39 is 0 Å². The van der Waals surface area contributed by atoms with E-state index in [1.807, 2.05) is 72.8 Å². The molecule has 0 saturated carbocycles. The Morgan fingerprint density at radius 1 is 0.812 bits per heavy atom. The quantitative estimate of drug-likeness (QED) is 0.493. The molecule has 3 aromatic carbocycles. The number of hydrogen-bond acceptors (Lipinski definition) is 4. The average Bonchev–Trinajstić information content (AvgIpc) is 2.84. The van der Waals surface area contributed by atoms with E-state index in [2.05, 4.69) is 0 Å². The standard InChI is InChI=1S/C27H23NO4/c1-31-21-15-19-13-14-28-25(20(19)16-22(21)32-2)23(17-9-5-3-6-10-17)26(29)24(27(28)30)18-11-7-4-8-12-18/h3-12,15-16,29H,13-14H2,1-2H3. The van der Waals surface area contributed by atoms with Crippen molar-refractivity contribution in [3.8, 4) is 50.8 Å². The van der Waals surface area contributed by atoms with Gasteiger partial charge in [0.15, 0.2) is 11.5 Å². The van der Waals surface area contributed by atoms with Crippen LogP contribution < -0.4 is 15.0 Å². The molecule has 0 unspecified atom stereocenters. The van der Waals surface area contributed by atoms with Crippen LogP contribution in [0.15, 0.2) is 77.6 Å². The number of benzene rings is 3. The summed E-state index contributed by atoms with van der Waals surface area (Å²) in [7, 11) is 3.20. The summed E-state index contributed by atoms with van der Waals surface area (Å²) in [5.74, 6) is 1.22. The Labute approximate surface area is 186 Å². The van der Waals surface area contributed by atoms with Crippen LogP contribution >= 0.6 is 0 Å². The molecule has 0 saturated heterocycles. The van der Waals surface area contributed by atoms with Crippen molar-refractivity contribution in [3.63, 3.8) is 0 Å². The van der Waals surface area contributed by atoms with Gasteiger partial charge in [0, 0.05) is 17.7 Å². The topological polar surface area (TPSA) is 60.7 Å². The highest BCUT2D eigenvalue weighted by Gasteiger charge is 2.29. The first-order chi connectivity index (χ1) is 15.6. The second-order valence-electron chi connectivity index (χ2n) is 7.75. The number of methoxy groups -OCH3 is 2. The molecule has 0 fully saturated rings. The fourth-order valence-corrected chi connectivity index (χ4v) is 4.53. The number of rotatable bonds is 4. The van der Waals surface area contributed by atoms with E-state index >= 15 is 0 Å². The zero-order chi connectivity index (χ0) is 22.2. The van der Waals surface area contributed by atoms with Gasteiger partial charge in [-0.25, -0.2) is 0 Å². The molecule has 160 valence electrons. The lowest BCUT2D eigenvalue weighted by Gasteiger charge is -2.27. The van der Waals surface area contributed by atoms with Gasteiger partial charge in [-0.2, -0.15) is 0 Å². The van der Waals surface area contributed by atoms with Crippen LogP contribution in [0.1, 0.15) is 5.56 Å². The maximum Gasteiger partial charge on any atom is 0.262 e. The van der Waals surface area contributed by atoms with Crippen LogP contribution in [0.5, 0.6) is 17.2 Å². The minimum absolute atomic E-state index is 0.0127. The highest BCUT2D eigenvalue weighted by atomic mass is 16.5. The second-order valence-corrected chi connectivity index (χ2v) is 7.75. The molecule has 2 heterocycles. The van der Waals surface area contributed by atoms with Crippen LogP contribution in [0.25, 0.3) is 33.5 Å². The number of ether oxygens (including phenoxy) is 2. The van der Waals surface area contributed by atoms with Gasteiger partial charge in [-0.1, -0.05) is 60.7 Å². The van der Waals surface area contributed by atoms with E-state index in [1.54, 1.807) is 18.8 Å². The van der Waals surface area contributed by atoms with Gasteiger partial charge >= 0.3 is 0 Å². The molecule has 0 bridgehead atoms. The van der Waals surface area contributed by atoms with Crippen LogP contribution in [0.3, 0.4) is 0 Å². The maximum absolute atomic E-state index is 13.7. The maximum atomic E-state index is 13.7. The third-order valence-corrected chi connectivity index (χ3v) is 6.03. The van der Waals surface area contributed by atoms with Gasteiger partial charge in [0.05, 0.1) is 25.5 Å². The summed E-state index contributed by atoms with van der Waals surface area (Å²) in [6.07, 6.45) is 0.676. The van der Waals surface area contributed by atoms with Gasteiger partial charge in [-0.05, 0) is 35.2 Å². The summed E-state index contributed by atoms with van der Waals surface area (Å²) < 4.78 is 12.8. The van der Waals surface area contributed by atoms with Crippen molar-refractivity contribution in [2.24, 2.45) is 0 Å². The summed E-state index contributed by atoms with van der Waals surface area (Å²) in [5.41, 5.74) is 4.89. The number of hydrogen-bond donors (Lipinski definition) is 1. The van der Waals surface area contributed by atoms with Crippen molar-refractivity contribution in [1.29, 1.82) is 0 Å². The summed E-state index contributed by atoms with van der Waals surface area (Å²) in [4.78, 5) is 13.7. The molecule has 0 spiro atoms. The minimum Gasteiger partial charge on any atom is -0.506 e. The molecule has 4 aromatic rings. The van der Waals surface area contributed by atoms with Gasteiger partial charge in [0.25, 0.3) is 5.56 Å². The summed E-state index contributed by atoms with van der Waals surface area (Å²) in [5, 5.41) is 11.5. The SMILES string of the molecule is COc1cc2c(cc1OC)-c1c(-c3ccccc3)c(O)c(-c3ccccc3)c(=O)n1CC2. The Hall–Kier alpha value is -3.99. The lowest BCUT2D eigenvalue weighted by molar-refractivity contribution is 0.354. The predicted molar refractivity (Wildman–Crippen MR) is 125 cm³/mol. The summed E-state index contributed by atoms with van der Waals surface area (Å²) >= 11 is 0. The molecular formula is C27H23NO4. The molecule has 0 aliphatic carbocycles. The number of pyridine rings is 1. The highest BCUT2D eigenvalue weighted by Crippen LogP contribution is 2.47. The molecular weight excluding hydrogens is 402 g/mol. The van der Waals surface area contributed by atoms with Crippen molar-refractivity contribution in [2.75, 3.05) is 14.2 Å². The summed E-state index contributed by atoms with van der Waals surface area (Å²) in [6.45, 7) is 0.511. The first-order valence-corrected chi connectivity index (χ1v) is 10.5. The molecule has 0 radical (unpaired) electrons. The Morgan fingerprint density at radius 3 is 1.97 bits per heavy atom. The number of aromatic nitrogens is 1. The third-order valence-electron chi connectivity index (χ3n) is 6.03. The zero-order valence-electron chi connectivity index (χ0n) is 18.0. The molecule has 0 atom stereocenters. The van der Waals surface area contributed by atoms with Gasteiger partial charge in [-0.3, -0.25) is 4.79 Å². The van der Waals surface area contributed by atoms with E-state index in [9.17, 15) is 9.90 Å². The summed E-state index contributed by atoms with van der Waals surface area (Å²) in [6, 6.07) is 22.9. The second kappa shape index (κ2) is 7.93. The van der Waals surface area contributed by atoms with E-state index in [0.29, 0.717) is 46.8 Å². The van der Waals surface area contributed by atoms with Crippen molar-refractivity contribution >= 4 is 0 Å². The number of aryl methyl sites for hydroxylation is 1. The normalized spacial score (nSPS) is 12.1. The van der Waals surface area contributed by atoms with Crippen molar-refractivity contribution in [1.82, 2.24) is 4.57 Å². The number of fused-ring (bicyclic) bond motifs is 3. The molecule has 1 N–H and O–H groups in total. The average molecular weight is 425 g/mol. The van der Waals surface area contributed by atoms with Crippen LogP contribution in [-0.4, -0.2) is 23.9 Å². The largest absolute Gasteiger partial charge is 0.506 e. The Kier molecular flexibility index (Phi) is 4.94. The molecule has 5 nitrogen and oxygen atoms in total. The van der Waals surface area contributed by atoms with E-state index in [4.69, 9.17) is 9.47 Å². The van der Waals surface area contributed by atoms with Crippen LogP contribution in [0, 0.1) is 0 Å². The fraction of sp³-hybridized carbons (Fsp3) is 0.148. The Bertz CT molecular complexity index is 1360. The van der Waals surface area contributed by atoms with Gasteiger partial charge in [0.1, 0.15) is 5.75 Å². The van der Waals surface area contributed by atoms with Crippen LogP contribution in [-0.2, 0) is 13.0 Å². The Morgan fingerprint density at radius 2 is 1.38 bits per heavy atom.